The highest BCUT2D eigenvalue weighted by Crippen LogP contribution is 2.07. The van der Waals surface area contributed by atoms with Crippen LogP contribution in [0.4, 0.5) is 0 Å². The van der Waals surface area contributed by atoms with Gasteiger partial charge in [0, 0.05) is 12.1 Å². The maximum atomic E-state index is 9.05. The van der Waals surface area contributed by atoms with Crippen LogP contribution in [0.25, 0.3) is 0 Å². The number of unbranched alkanes of at least 4 members (excludes halogenated alkanes) is 4. The van der Waals surface area contributed by atoms with Crippen LogP contribution in [-0.4, -0.2) is 23.8 Å². The third-order valence-corrected chi connectivity index (χ3v) is 2.97. The van der Waals surface area contributed by atoms with Crippen molar-refractivity contribution in [1.82, 2.24) is 5.32 Å². The molecule has 0 aliphatic rings. The lowest BCUT2D eigenvalue weighted by Gasteiger charge is -2.20. The molecule has 2 atom stereocenters. The van der Waals surface area contributed by atoms with E-state index in [1.807, 2.05) is 0 Å². The Bertz CT molecular complexity index is 124. The van der Waals surface area contributed by atoms with Gasteiger partial charge in [-0.05, 0) is 19.8 Å². The summed E-state index contributed by atoms with van der Waals surface area (Å²) < 4.78 is 0. The van der Waals surface area contributed by atoms with Gasteiger partial charge in [-0.2, -0.15) is 0 Å². The summed E-state index contributed by atoms with van der Waals surface area (Å²) in [5.41, 5.74) is 0. The van der Waals surface area contributed by atoms with E-state index in [1.165, 1.54) is 38.5 Å². The fourth-order valence-corrected chi connectivity index (χ4v) is 1.84. The predicted octanol–water partition coefficient (Wildman–Crippen LogP) is 3.10. The van der Waals surface area contributed by atoms with Crippen LogP contribution in [0, 0.1) is 0 Å². The number of rotatable bonds is 10. The molecule has 2 N–H and O–H groups in total. The average molecular weight is 215 g/mol. The molecule has 0 bridgehead atoms. The van der Waals surface area contributed by atoms with Crippen molar-refractivity contribution in [2.75, 3.05) is 6.61 Å². The average Bonchev–Trinajstić information content (AvgIpc) is 2.25. The maximum absolute atomic E-state index is 9.05. The fraction of sp³-hybridized carbons (Fsp3) is 1.00. The summed E-state index contributed by atoms with van der Waals surface area (Å²) in [6.07, 6.45) is 8.98. The van der Waals surface area contributed by atoms with Gasteiger partial charge in [0.15, 0.2) is 0 Å². The summed E-state index contributed by atoms with van der Waals surface area (Å²) in [5.74, 6) is 0. The highest BCUT2D eigenvalue weighted by atomic mass is 16.3. The molecule has 0 aromatic carbocycles. The lowest BCUT2D eigenvalue weighted by atomic mass is 10.1. The van der Waals surface area contributed by atoms with Gasteiger partial charge >= 0.3 is 0 Å². The molecule has 0 heterocycles. The van der Waals surface area contributed by atoms with E-state index in [0.717, 1.165) is 6.42 Å². The first-order chi connectivity index (χ1) is 7.24. The van der Waals surface area contributed by atoms with Crippen molar-refractivity contribution in [2.24, 2.45) is 0 Å². The summed E-state index contributed by atoms with van der Waals surface area (Å²) in [6.45, 7) is 6.84. The van der Waals surface area contributed by atoms with Gasteiger partial charge in [0.25, 0.3) is 0 Å². The van der Waals surface area contributed by atoms with Gasteiger partial charge in [-0.25, -0.2) is 0 Å². The molecule has 0 aromatic rings. The van der Waals surface area contributed by atoms with E-state index in [9.17, 15) is 0 Å². The van der Waals surface area contributed by atoms with Crippen LogP contribution in [0.5, 0.6) is 0 Å². The smallest absolute Gasteiger partial charge is 0.0584 e. The highest BCUT2D eigenvalue weighted by Gasteiger charge is 2.08. The number of hydrogen-bond donors (Lipinski definition) is 2. The van der Waals surface area contributed by atoms with Crippen LogP contribution in [0.15, 0.2) is 0 Å². The van der Waals surface area contributed by atoms with Crippen LogP contribution in [0.1, 0.15) is 65.7 Å². The van der Waals surface area contributed by atoms with E-state index in [-0.39, 0.29) is 12.6 Å². The molecular weight excluding hydrogens is 186 g/mol. The third-order valence-electron chi connectivity index (χ3n) is 2.97. The van der Waals surface area contributed by atoms with E-state index in [4.69, 9.17) is 5.11 Å². The Labute approximate surface area is 95.5 Å². The zero-order chi connectivity index (χ0) is 11.5. The van der Waals surface area contributed by atoms with Gasteiger partial charge in [0.2, 0.25) is 0 Å². The predicted molar refractivity (Wildman–Crippen MR) is 67.1 cm³/mol. The topological polar surface area (TPSA) is 32.3 Å². The minimum atomic E-state index is 0.261. The van der Waals surface area contributed by atoms with Crippen molar-refractivity contribution >= 4 is 0 Å². The van der Waals surface area contributed by atoms with Crippen molar-refractivity contribution in [3.63, 3.8) is 0 Å². The first kappa shape index (κ1) is 14.9. The van der Waals surface area contributed by atoms with E-state index in [1.54, 1.807) is 0 Å². The largest absolute Gasteiger partial charge is 0.395 e. The van der Waals surface area contributed by atoms with Crippen molar-refractivity contribution in [1.29, 1.82) is 0 Å². The molecule has 0 rings (SSSR count). The van der Waals surface area contributed by atoms with Crippen LogP contribution in [0.3, 0.4) is 0 Å². The highest BCUT2D eigenvalue weighted by molar-refractivity contribution is 4.69. The molecule has 2 nitrogen and oxygen atoms in total. The molecule has 0 amide bonds. The van der Waals surface area contributed by atoms with Crippen molar-refractivity contribution < 1.29 is 5.11 Å². The minimum Gasteiger partial charge on any atom is -0.395 e. The minimum absolute atomic E-state index is 0.261. The lowest BCUT2D eigenvalue weighted by molar-refractivity contribution is 0.227. The Hall–Kier alpha value is -0.0800. The van der Waals surface area contributed by atoms with Gasteiger partial charge in [0.05, 0.1) is 6.61 Å². The fourth-order valence-electron chi connectivity index (χ4n) is 1.84. The molecule has 0 fully saturated rings. The molecule has 92 valence electrons. The molecule has 0 saturated heterocycles. The first-order valence-corrected chi connectivity index (χ1v) is 6.61. The van der Waals surface area contributed by atoms with Crippen LogP contribution in [0.2, 0.25) is 0 Å². The van der Waals surface area contributed by atoms with Gasteiger partial charge < -0.3 is 10.4 Å². The molecule has 15 heavy (non-hydrogen) atoms. The molecule has 2 heteroatoms. The molecule has 0 unspecified atom stereocenters. The number of nitrogens with one attached hydrogen (secondary N) is 1. The molecule has 0 spiro atoms. The van der Waals surface area contributed by atoms with Crippen LogP contribution < -0.4 is 5.32 Å². The maximum Gasteiger partial charge on any atom is 0.0584 e. The summed E-state index contributed by atoms with van der Waals surface area (Å²) in [5, 5.41) is 12.5. The zero-order valence-corrected chi connectivity index (χ0v) is 10.8. The molecule has 0 aliphatic heterocycles. The normalized spacial score (nSPS) is 15.2. The van der Waals surface area contributed by atoms with Crippen LogP contribution >= 0.6 is 0 Å². The number of aliphatic hydroxyl groups excluding tert-OH is 1. The quantitative estimate of drug-likeness (QED) is 0.549. The lowest BCUT2D eigenvalue weighted by Crippen LogP contribution is -2.38. The summed E-state index contributed by atoms with van der Waals surface area (Å²) in [6, 6.07) is 0.833. The molecular formula is C13H29NO. The van der Waals surface area contributed by atoms with Gasteiger partial charge in [-0.1, -0.05) is 46.0 Å². The van der Waals surface area contributed by atoms with Crippen molar-refractivity contribution in [3.05, 3.63) is 0 Å². The van der Waals surface area contributed by atoms with E-state index < -0.39 is 0 Å². The molecule has 0 aromatic heterocycles. The van der Waals surface area contributed by atoms with Crippen LogP contribution in [-0.2, 0) is 0 Å². The van der Waals surface area contributed by atoms with Gasteiger partial charge in [-0.3, -0.25) is 0 Å². The Morgan fingerprint density at radius 2 is 1.73 bits per heavy atom. The number of aliphatic hydroxyl groups is 1. The monoisotopic (exact) mass is 215 g/mol. The van der Waals surface area contributed by atoms with E-state index >= 15 is 0 Å². The third kappa shape index (κ3) is 8.88. The second-order valence-electron chi connectivity index (χ2n) is 4.56. The molecule has 0 aliphatic carbocycles. The molecule has 0 radical (unpaired) electrons. The SMILES string of the molecule is CCCCCCC[C@@H](C)N[C@@H](CC)CO. The number of hydrogen-bond acceptors (Lipinski definition) is 2. The van der Waals surface area contributed by atoms with Crippen molar-refractivity contribution in [3.8, 4) is 0 Å². The summed E-state index contributed by atoms with van der Waals surface area (Å²) >= 11 is 0. The standard InChI is InChI=1S/C13H29NO/c1-4-6-7-8-9-10-12(3)14-13(5-2)11-15/h12-15H,4-11H2,1-3H3/t12-,13+/m1/s1. The second-order valence-corrected chi connectivity index (χ2v) is 4.56. The molecule has 0 saturated carbocycles. The summed E-state index contributed by atoms with van der Waals surface area (Å²) in [4.78, 5) is 0. The first-order valence-electron chi connectivity index (χ1n) is 6.61. The van der Waals surface area contributed by atoms with E-state index in [0.29, 0.717) is 6.04 Å². The van der Waals surface area contributed by atoms with Crippen molar-refractivity contribution in [2.45, 2.75) is 77.8 Å². The Kier molecular flexibility index (Phi) is 10.4. The Balaban J connectivity index is 3.35. The zero-order valence-electron chi connectivity index (χ0n) is 10.8. The second kappa shape index (κ2) is 10.4. The Morgan fingerprint density at radius 1 is 1.07 bits per heavy atom. The van der Waals surface area contributed by atoms with Gasteiger partial charge in [0.1, 0.15) is 0 Å². The summed E-state index contributed by atoms with van der Waals surface area (Å²) in [7, 11) is 0. The van der Waals surface area contributed by atoms with Gasteiger partial charge in [-0.15, -0.1) is 0 Å². The van der Waals surface area contributed by atoms with E-state index in [2.05, 4.69) is 26.1 Å². The Morgan fingerprint density at radius 3 is 2.27 bits per heavy atom.